The number of ether oxygens (including phenoxy) is 1. The van der Waals surface area contributed by atoms with Crippen LogP contribution in [0.25, 0.3) is 22.4 Å². The number of aromatic nitrogens is 2. The smallest absolute Gasteiger partial charge is 0.409 e. The Balaban J connectivity index is 1.61. The lowest BCUT2D eigenvalue weighted by atomic mass is 10.0. The molecule has 4 rings (SSSR count). The molecule has 4 N–H and O–H groups in total. The zero-order chi connectivity index (χ0) is 18.8. The van der Waals surface area contributed by atoms with E-state index in [1.807, 2.05) is 54.6 Å². The highest BCUT2D eigenvalue weighted by molar-refractivity contribution is 5.81. The molecule has 1 atom stereocenters. The fourth-order valence-corrected chi connectivity index (χ4v) is 2.96. The van der Waals surface area contributed by atoms with Crippen LogP contribution in [0.4, 0.5) is 4.79 Å². The molecule has 134 valence electrons. The molecule has 1 aromatic heterocycles. The van der Waals surface area contributed by atoms with E-state index < -0.39 is 12.2 Å². The molecular weight excluding hydrogens is 342 g/mol. The Kier molecular flexibility index (Phi) is 4.32. The van der Waals surface area contributed by atoms with E-state index >= 15 is 0 Å². The van der Waals surface area contributed by atoms with Crippen LogP contribution in [0.2, 0.25) is 0 Å². The summed E-state index contributed by atoms with van der Waals surface area (Å²) in [5.41, 5.74) is 9.05. The summed E-state index contributed by atoms with van der Waals surface area (Å²) in [5, 5.41) is 10.5. The number of fused-ring (bicyclic) bond motifs is 1. The Morgan fingerprint density at radius 3 is 2.41 bits per heavy atom. The van der Waals surface area contributed by atoms with E-state index in [0.29, 0.717) is 11.6 Å². The Hall–Kier alpha value is -3.64. The van der Waals surface area contributed by atoms with Crippen molar-refractivity contribution in [2.24, 2.45) is 5.73 Å². The predicted octanol–water partition coefficient (Wildman–Crippen LogP) is 3.77. The second-order valence-electron chi connectivity index (χ2n) is 6.12. The van der Waals surface area contributed by atoms with E-state index in [1.165, 1.54) is 0 Å². The number of imidazole rings is 1. The van der Waals surface area contributed by atoms with E-state index in [2.05, 4.69) is 9.97 Å². The van der Waals surface area contributed by atoms with Crippen LogP contribution >= 0.6 is 0 Å². The lowest BCUT2D eigenvalue weighted by Gasteiger charge is -2.11. The molecule has 0 saturated carbocycles. The maximum Gasteiger partial charge on any atom is 0.409 e. The van der Waals surface area contributed by atoms with E-state index in [9.17, 15) is 9.90 Å². The van der Waals surface area contributed by atoms with Crippen molar-refractivity contribution in [3.05, 3.63) is 83.9 Å². The topological polar surface area (TPSA) is 101 Å². The minimum atomic E-state index is -0.860. The summed E-state index contributed by atoms with van der Waals surface area (Å²) < 4.78 is 4.88. The fraction of sp³-hybridized carbons (Fsp3) is 0.0476. The van der Waals surface area contributed by atoms with Gasteiger partial charge in [-0.05, 0) is 23.3 Å². The average molecular weight is 359 g/mol. The zero-order valence-corrected chi connectivity index (χ0v) is 14.3. The highest BCUT2D eigenvalue weighted by Crippen LogP contribution is 2.27. The fourth-order valence-electron chi connectivity index (χ4n) is 2.96. The van der Waals surface area contributed by atoms with E-state index in [-0.39, 0.29) is 0 Å². The van der Waals surface area contributed by atoms with Gasteiger partial charge in [-0.15, -0.1) is 0 Å². The first-order chi connectivity index (χ1) is 13.1. The first-order valence-electron chi connectivity index (χ1n) is 8.40. The number of carbonyl (C=O) groups is 1. The molecule has 1 amide bonds. The third kappa shape index (κ3) is 3.51. The quantitative estimate of drug-likeness (QED) is 0.516. The van der Waals surface area contributed by atoms with Crippen molar-refractivity contribution in [2.75, 3.05) is 0 Å². The van der Waals surface area contributed by atoms with Crippen molar-refractivity contribution in [1.29, 1.82) is 0 Å². The summed E-state index contributed by atoms with van der Waals surface area (Å²) in [6, 6.07) is 22.1. The standard InChI is InChI=1S/C21H17N3O3/c22-21(26)27-16-10-11-17-18(12-16)24-20(23-17)15-8-6-14(7-9-15)19(25)13-4-2-1-3-5-13/h1-12,19,25H,(H2,22,26)(H,23,24). The number of hydrogen-bond acceptors (Lipinski definition) is 4. The molecule has 0 aliphatic carbocycles. The van der Waals surface area contributed by atoms with Crippen molar-refractivity contribution < 1.29 is 14.6 Å². The second-order valence-corrected chi connectivity index (χ2v) is 6.12. The van der Waals surface area contributed by atoms with Gasteiger partial charge in [0.1, 0.15) is 17.7 Å². The Bertz CT molecular complexity index is 1090. The van der Waals surface area contributed by atoms with Gasteiger partial charge < -0.3 is 20.6 Å². The van der Waals surface area contributed by atoms with Crippen LogP contribution in [0, 0.1) is 0 Å². The molecule has 6 nitrogen and oxygen atoms in total. The lowest BCUT2D eigenvalue weighted by molar-refractivity contribution is 0.211. The number of aliphatic hydroxyl groups excluding tert-OH is 1. The zero-order valence-electron chi connectivity index (χ0n) is 14.3. The number of aliphatic hydroxyl groups is 1. The normalized spacial score (nSPS) is 12.0. The van der Waals surface area contributed by atoms with E-state index in [1.54, 1.807) is 18.2 Å². The third-order valence-corrected chi connectivity index (χ3v) is 4.29. The summed E-state index contributed by atoms with van der Waals surface area (Å²) in [7, 11) is 0. The van der Waals surface area contributed by atoms with Crippen molar-refractivity contribution in [2.45, 2.75) is 6.10 Å². The largest absolute Gasteiger partial charge is 0.410 e. The van der Waals surface area contributed by atoms with Crippen LogP contribution < -0.4 is 10.5 Å². The maximum atomic E-state index is 10.9. The summed E-state index contributed by atoms with van der Waals surface area (Å²) >= 11 is 0. The van der Waals surface area contributed by atoms with Crippen LogP contribution in [0.3, 0.4) is 0 Å². The number of nitrogens with two attached hydrogens (primary N) is 1. The molecular formula is C21H17N3O3. The minimum absolute atomic E-state index is 0.353. The van der Waals surface area contributed by atoms with Gasteiger partial charge in [0.05, 0.1) is 11.0 Å². The maximum absolute atomic E-state index is 10.9. The Morgan fingerprint density at radius 2 is 1.70 bits per heavy atom. The number of benzene rings is 3. The molecule has 1 heterocycles. The first kappa shape index (κ1) is 16.8. The second kappa shape index (κ2) is 6.93. The van der Waals surface area contributed by atoms with Gasteiger partial charge in [0.25, 0.3) is 0 Å². The average Bonchev–Trinajstić information content (AvgIpc) is 3.11. The summed E-state index contributed by atoms with van der Waals surface area (Å²) in [6.45, 7) is 0. The van der Waals surface area contributed by atoms with E-state index in [0.717, 1.165) is 27.7 Å². The number of nitrogens with one attached hydrogen (secondary N) is 1. The number of hydrogen-bond donors (Lipinski definition) is 3. The molecule has 0 spiro atoms. The van der Waals surface area contributed by atoms with Gasteiger partial charge in [0, 0.05) is 11.6 Å². The molecule has 3 aromatic carbocycles. The van der Waals surface area contributed by atoms with Crippen molar-refractivity contribution in [3.63, 3.8) is 0 Å². The summed E-state index contributed by atoms with van der Waals surface area (Å²) in [5.74, 6) is 1.04. The predicted molar refractivity (Wildman–Crippen MR) is 102 cm³/mol. The van der Waals surface area contributed by atoms with Crippen molar-refractivity contribution >= 4 is 17.1 Å². The van der Waals surface area contributed by atoms with Gasteiger partial charge in [0.2, 0.25) is 0 Å². The van der Waals surface area contributed by atoms with Gasteiger partial charge in [-0.3, -0.25) is 0 Å². The minimum Gasteiger partial charge on any atom is -0.410 e. The van der Waals surface area contributed by atoms with Gasteiger partial charge >= 0.3 is 6.09 Å². The van der Waals surface area contributed by atoms with Crippen LogP contribution in [-0.2, 0) is 0 Å². The third-order valence-electron chi connectivity index (χ3n) is 4.29. The molecule has 0 fully saturated rings. The Labute approximate surface area is 155 Å². The lowest BCUT2D eigenvalue weighted by Crippen LogP contribution is -2.16. The molecule has 6 heteroatoms. The van der Waals surface area contributed by atoms with Crippen molar-refractivity contribution in [3.8, 4) is 17.1 Å². The molecule has 0 saturated heterocycles. The summed E-state index contributed by atoms with van der Waals surface area (Å²) in [4.78, 5) is 18.6. The van der Waals surface area contributed by atoms with Crippen LogP contribution in [0.1, 0.15) is 17.2 Å². The number of nitrogens with zero attached hydrogens (tertiary/aromatic N) is 1. The van der Waals surface area contributed by atoms with Crippen molar-refractivity contribution in [1.82, 2.24) is 9.97 Å². The number of amides is 1. The molecule has 0 aliphatic heterocycles. The van der Waals surface area contributed by atoms with Crippen LogP contribution in [-0.4, -0.2) is 21.2 Å². The molecule has 0 radical (unpaired) electrons. The highest BCUT2D eigenvalue weighted by Gasteiger charge is 2.11. The van der Waals surface area contributed by atoms with Gasteiger partial charge in [-0.25, -0.2) is 9.78 Å². The number of rotatable bonds is 4. The van der Waals surface area contributed by atoms with Crippen LogP contribution in [0.15, 0.2) is 72.8 Å². The highest BCUT2D eigenvalue weighted by atomic mass is 16.5. The van der Waals surface area contributed by atoms with Gasteiger partial charge in [-0.1, -0.05) is 54.6 Å². The van der Waals surface area contributed by atoms with Gasteiger partial charge in [-0.2, -0.15) is 0 Å². The summed E-state index contributed by atoms with van der Waals surface area (Å²) in [6.07, 6.45) is -1.54. The monoisotopic (exact) mass is 359 g/mol. The first-order valence-corrected chi connectivity index (χ1v) is 8.40. The molecule has 0 bridgehead atoms. The molecule has 0 aliphatic rings. The van der Waals surface area contributed by atoms with E-state index in [4.69, 9.17) is 10.5 Å². The molecule has 27 heavy (non-hydrogen) atoms. The number of primary amides is 1. The van der Waals surface area contributed by atoms with Crippen LogP contribution in [0.5, 0.6) is 5.75 Å². The Morgan fingerprint density at radius 1 is 1.00 bits per heavy atom. The number of carbonyl (C=O) groups excluding carboxylic acids is 1. The van der Waals surface area contributed by atoms with Gasteiger partial charge in [0.15, 0.2) is 0 Å². The number of aromatic amines is 1. The number of H-pyrrole nitrogens is 1. The molecule has 1 unspecified atom stereocenters. The SMILES string of the molecule is NC(=O)Oc1ccc2nc(-c3ccc(C(O)c4ccccc4)cc3)[nH]c2c1. The molecule has 4 aromatic rings.